The maximum Gasteiger partial charge on any atom is 0.240 e. The number of hydrogen-bond acceptors (Lipinski definition) is 18. The van der Waals surface area contributed by atoms with Gasteiger partial charge in [0.15, 0.2) is 0 Å². The van der Waals surface area contributed by atoms with E-state index < -0.39 is 0 Å². The maximum atomic E-state index is 11.3. The molecular weight excluding hydrogens is 756 g/mol. The third-order valence-corrected chi connectivity index (χ3v) is 9.39. The van der Waals surface area contributed by atoms with Gasteiger partial charge in [-0.1, -0.05) is 0 Å². The highest BCUT2D eigenvalue weighted by Crippen LogP contribution is 2.09. The van der Waals surface area contributed by atoms with Gasteiger partial charge in [0, 0.05) is 37.8 Å². The number of rotatable bonds is 9. The highest BCUT2D eigenvalue weighted by Gasteiger charge is 2.32. The van der Waals surface area contributed by atoms with Crippen LogP contribution in [-0.2, 0) is 57.5 Å². The minimum absolute atomic E-state index is 0.0892. The Labute approximate surface area is 326 Å². The monoisotopic (exact) mass is 804 g/mol. The number of amides is 12. The van der Waals surface area contributed by atoms with Gasteiger partial charge in [0.05, 0.1) is 78.5 Å². The molecule has 6 saturated heterocycles. The Bertz CT molecular complexity index is 1400. The third kappa shape index (κ3) is 14.6. The van der Waals surface area contributed by atoms with Crippen LogP contribution < -0.4 is 31.9 Å². The van der Waals surface area contributed by atoms with Crippen molar-refractivity contribution in [3.63, 3.8) is 0 Å². The van der Waals surface area contributed by atoms with Crippen LogP contribution in [0.2, 0.25) is 0 Å². The van der Waals surface area contributed by atoms with Crippen molar-refractivity contribution in [3.05, 3.63) is 0 Å². The third-order valence-electron chi connectivity index (χ3n) is 9.39. The summed E-state index contributed by atoms with van der Waals surface area (Å²) < 4.78 is 0. The van der Waals surface area contributed by atoms with E-state index >= 15 is 0 Å². The van der Waals surface area contributed by atoms with Gasteiger partial charge in [-0.2, -0.15) is 0 Å². The molecule has 0 aromatic rings. The minimum Gasteiger partial charge on any atom is -0.294 e. The molecule has 6 N–H and O–H groups in total. The second kappa shape index (κ2) is 20.1. The van der Waals surface area contributed by atoms with Crippen molar-refractivity contribution in [2.24, 2.45) is 0 Å². The first-order chi connectivity index (χ1) is 26.8. The van der Waals surface area contributed by atoms with Crippen LogP contribution in [0.5, 0.6) is 0 Å². The normalized spacial score (nSPS) is 24.1. The molecule has 0 aliphatic carbocycles. The average molecular weight is 805 g/mol. The van der Waals surface area contributed by atoms with E-state index in [2.05, 4.69) is 31.9 Å². The molecule has 0 aromatic heterocycles. The number of imide groups is 6. The van der Waals surface area contributed by atoms with Gasteiger partial charge in [-0.05, 0) is 20.8 Å². The lowest BCUT2D eigenvalue weighted by Crippen LogP contribution is -2.58. The Morgan fingerprint density at radius 3 is 0.596 bits per heavy atom. The molecule has 0 spiro atoms. The molecule has 0 unspecified atom stereocenters. The highest BCUT2D eigenvalue weighted by molar-refractivity contribution is 6.02. The number of carbonyl (C=O) groups is 12. The summed E-state index contributed by atoms with van der Waals surface area (Å²) in [6, 6.07) is -0.267. The van der Waals surface area contributed by atoms with Crippen LogP contribution in [0.3, 0.4) is 0 Å². The van der Waals surface area contributed by atoms with E-state index in [1.54, 1.807) is 29.4 Å². The molecule has 57 heavy (non-hydrogen) atoms. The molecule has 6 rings (SSSR count). The SMILES string of the molecule is C[C@@H](CN1CC(=O)NC(=O)C1)N1CC(=O)NC(=O)C1.C[C@@H](CN1CC(=O)NC(=O)C1)N1CC(=O)NC(=O)C1.C[C@@H](CN1CC(=O)NC(=O)C1)N1CC(=O)NC(=O)C1. The number of carbonyl (C=O) groups excluding carboxylic acids is 12. The summed E-state index contributed by atoms with van der Waals surface area (Å²) in [6.07, 6.45) is 0. The van der Waals surface area contributed by atoms with Crippen molar-refractivity contribution in [1.82, 2.24) is 61.3 Å². The van der Waals surface area contributed by atoms with E-state index in [4.69, 9.17) is 0 Å². The smallest absolute Gasteiger partial charge is 0.240 e. The zero-order valence-electron chi connectivity index (χ0n) is 31.9. The summed E-state index contributed by atoms with van der Waals surface area (Å²) in [6.45, 7) is 8.83. The van der Waals surface area contributed by atoms with Crippen LogP contribution in [0.15, 0.2) is 0 Å². The van der Waals surface area contributed by atoms with E-state index in [0.717, 1.165) is 0 Å². The summed E-state index contributed by atoms with van der Waals surface area (Å²) >= 11 is 0. The average Bonchev–Trinajstić information content (AvgIpc) is 3.06. The largest absolute Gasteiger partial charge is 0.294 e. The molecule has 24 heteroatoms. The van der Waals surface area contributed by atoms with E-state index in [9.17, 15) is 57.5 Å². The van der Waals surface area contributed by atoms with Gasteiger partial charge in [0.1, 0.15) is 0 Å². The summed E-state index contributed by atoms with van der Waals surface area (Å²) in [4.78, 5) is 145. The van der Waals surface area contributed by atoms with Crippen LogP contribution >= 0.6 is 0 Å². The molecule has 6 aliphatic heterocycles. The van der Waals surface area contributed by atoms with E-state index in [0.29, 0.717) is 19.6 Å². The number of hydrogen-bond donors (Lipinski definition) is 6. The number of nitrogens with zero attached hydrogens (tertiary/aromatic N) is 6. The van der Waals surface area contributed by atoms with E-state index in [1.165, 1.54) is 0 Å². The molecule has 3 atom stereocenters. The second-order valence-corrected chi connectivity index (χ2v) is 14.6. The van der Waals surface area contributed by atoms with Crippen molar-refractivity contribution in [2.75, 3.05) is 98.2 Å². The zero-order valence-corrected chi connectivity index (χ0v) is 31.9. The highest BCUT2D eigenvalue weighted by atomic mass is 16.2. The topological polar surface area (TPSA) is 296 Å². The fourth-order valence-electron chi connectivity index (χ4n) is 6.86. The van der Waals surface area contributed by atoms with Crippen LogP contribution in [-0.4, -0.2) is 217 Å². The lowest BCUT2D eigenvalue weighted by molar-refractivity contribution is -0.140. The predicted octanol–water partition coefficient (Wildman–Crippen LogP) is -8.12. The molecule has 6 aliphatic rings. The van der Waals surface area contributed by atoms with Crippen LogP contribution in [0, 0.1) is 0 Å². The quantitative estimate of drug-likeness (QED) is 0.118. The van der Waals surface area contributed by atoms with E-state index in [1.807, 2.05) is 20.8 Å². The number of piperazine rings is 6. The van der Waals surface area contributed by atoms with Crippen LogP contribution in [0.4, 0.5) is 0 Å². The Hall–Kier alpha value is -5.40. The van der Waals surface area contributed by atoms with Gasteiger partial charge in [0.25, 0.3) is 0 Å². The van der Waals surface area contributed by atoms with Gasteiger partial charge in [-0.15, -0.1) is 0 Å². The summed E-state index contributed by atoms with van der Waals surface area (Å²) in [5.41, 5.74) is 0. The molecule has 6 heterocycles. The van der Waals surface area contributed by atoms with Gasteiger partial charge >= 0.3 is 0 Å². The summed E-state index contributed by atoms with van der Waals surface area (Å²) in [5, 5.41) is 13.4. The fraction of sp³-hybridized carbons (Fsp3) is 0.636. The van der Waals surface area contributed by atoms with Gasteiger partial charge in [-0.25, -0.2) is 0 Å². The second-order valence-electron chi connectivity index (χ2n) is 14.6. The maximum absolute atomic E-state index is 11.3. The first-order valence-electron chi connectivity index (χ1n) is 18.2. The Morgan fingerprint density at radius 2 is 0.439 bits per heavy atom. The van der Waals surface area contributed by atoms with Gasteiger partial charge in [-0.3, -0.25) is 119 Å². The van der Waals surface area contributed by atoms with Crippen molar-refractivity contribution in [1.29, 1.82) is 0 Å². The summed E-state index contributed by atoms with van der Waals surface area (Å²) in [5.74, 6) is -3.88. The Morgan fingerprint density at radius 1 is 0.298 bits per heavy atom. The van der Waals surface area contributed by atoms with Crippen LogP contribution in [0.25, 0.3) is 0 Å². The fourth-order valence-corrected chi connectivity index (χ4v) is 6.86. The molecule has 12 amide bonds. The Kier molecular flexibility index (Phi) is 15.7. The molecule has 0 bridgehead atoms. The van der Waals surface area contributed by atoms with Crippen molar-refractivity contribution >= 4 is 70.9 Å². The Balaban J connectivity index is 0.000000189. The first-order valence-corrected chi connectivity index (χ1v) is 18.2. The van der Waals surface area contributed by atoms with E-state index in [-0.39, 0.29) is 168 Å². The molecule has 0 aromatic carbocycles. The minimum atomic E-state index is -0.324. The lowest BCUT2D eigenvalue weighted by Gasteiger charge is -2.35. The molecule has 0 saturated carbocycles. The standard InChI is InChI=1S/3C11H16N4O4/c3*1-7(15-5-10(18)13-11(19)6-15)2-14-3-8(16)12-9(17)4-14/h3*7H,2-6H2,1H3,(H,12,16,17)(H,13,18,19)/t3*7-/m000/s1. The summed E-state index contributed by atoms with van der Waals surface area (Å²) in [7, 11) is 0. The van der Waals surface area contributed by atoms with Gasteiger partial charge in [0.2, 0.25) is 70.9 Å². The molecule has 6 fully saturated rings. The van der Waals surface area contributed by atoms with Crippen molar-refractivity contribution in [2.45, 2.75) is 38.9 Å². The molecule has 312 valence electrons. The predicted molar refractivity (Wildman–Crippen MR) is 191 cm³/mol. The molecule has 0 radical (unpaired) electrons. The van der Waals surface area contributed by atoms with Gasteiger partial charge < -0.3 is 0 Å². The van der Waals surface area contributed by atoms with Crippen molar-refractivity contribution < 1.29 is 57.5 Å². The van der Waals surface area contributed by atoms with Crippen molar-refractivity contribution in [3.8, 4) is 0 Å². The molecular formula is C33H48N12O12. The zero-order chi connectivity index (χ0) is 42.0. The lowest BCUT2D eigenvalue weighted by atomic mass is 10.2. The number of nitrogens with one attached hydrogen (secondary N) is 6. The van der Waals surface area contributed by atoms with Crippen LogP contribution in [0.1, 0.15) is 20.8 Å². The molecule has 24 nitrogen and oxygen atoms in total. The first kappa shape index (κ1) is 44.3.